The zero-order chi connectivity index (χ0) is 21.6. The summed E-state index contributed by atoms with van der Waals surface area (Å²) in [6.45, 7) is 1.73. The third-order valence-corrected chi connectivity index (χ3v) is 5.98. The minimum Gasteiger partial charge on any atom is -0.380 e. The van der Waals surface area contributed by atoms with Crippen molar-refractivity contribution in [2.75, 3.05) is 26.2 Å². The summed E-state index contributed by atoms with van der Waals surface area (Å²) in [6, 6.07) is 12.6. The highest BCUT2D eigenvalue weighted by molar-refractivity contribution is 5.96. The zero-order valence-corrected chi connectivity index (χ0v) is 16.7. The van der Waals surface area contributed by atoms with Crippen LogP contribution in [0.25, 0.3) is 22.1 Å². The molecule has 2 fully saturated rings. The average molecular weight is 420 g/mol. The lowest BCUT2D eigenvalue weighted by Crippen LogP contribution is -2.53. The first-order valence-corrected chi connectivity index (χ1v) is 10.1. The molecule has 2 amide bonds. The highest BCUT2D eigenvalue weighted by atomic mass is 16.5. The zero-order valence-electron chi connectivity index (χ0n) is 16.7. The number of aromatic nitrogens is 1. The van der Waals surface area contributed by atoms with Crippen LogP contribution in [0.2, 0.25) is 0 Å². The van der Waals surface area contributed by atoms with Gasteiger partial charge in [0.15, 0.2) is 5.58 Å². The van der Waals surface area contributed by atoms with Gasteiger partial charge in [0.25, 0.3) is 11.8 Å². The molecule has 0 spiro atoms. The summed E-state index contributed by atoms with van der Waals surface area (Å²) in [5.41, 5.74) is 1.61. The van der Waals surface area contributed by atoms with Gasteiger partial charge in [-0.2, -0.15) is 0 Å². The van der Waals surface area contributed by atoms with E-state index in [4.69, 9.17) is 4.52 Å². The number of nitrogens with zero attached hydrogens (tertiary/aromatic N) is 4. The second-order valence-corrected chi connectivity index (χ2v) is 8.00. The van der Waals surface area contributed by atoms with Crippen molar-refractivity contribution in [3.05, 3.63) is 52.9 Å². The second-order valence-electron chi connectivity index (χ2n) is 8.00. The first-order valence-electron chi connectivity index (χ1n) is 10.1. The summed E-state index contributed by atoms with van der Waals surface area (Å²) in [5, 5.41) is 17.0. The Hall–Kier alpha value is -3.59. The highest BCUT2D eigenvalue weighted by Gasteiger charge is 2.50. The van der Waals surface area contributed by atoms with E-state index in [1.54, 1.807) is 34.1 Å². The molecule has 1 aliphatic heterocycles. The van der Waals surface area contributed by atoms with Crippen LogP contribution in [-0.4, -0.2) is 63.7 Å². The van der Waals surface area contributed by atoms with E-state index in [2.05, 4.69) is 10.3 Å². The third kappa shape index (κ3) is 3.46. The summed E-state index contributed by atoms with van der Waals surface area (Å²) in [4.78, 5) is 39.3. The molecule has 2 aromatic carbocycles. The van der Waals surface area contributed by atoms with Crippen LogP contribution in [0, 0.1) is 4.91 Å². The molecular weight excluding hydrogens is 400 g/mol. The monoisotopic (exact) mass is 420 g/mol. The average Bonchev–Trinajstić information content (AvgIpc) is 3.44. The Labute approximate surface area is 177 Å². The van der Waals surface area contributed by atoms with Crippen LogP contribution in [0.15, 0.2) is 52.2 Å². The van der Waals surface area contributed by atoms with E-state index < -0.39 is 5.60 Å². The molecule has 3 aromatic rings. The first kappa shape index (κ1) is 19.4. The van der Waals surface area contributed by atoms with Crippen molar-refractivity contribution >= 4 is 28.6 Å². The standard InChI is InChI=1S/C22H20N4O5/c27-20(25-9-11-26(12-10-25)21(28)22(29)7-8-22)15-3-1-14(2-4-15)16-5-6-18-17(13-16)19(23-30)24-31-18/h1-6,13,29H,7-12H2. The molecule has 0 unspecified atom stereocenters. The molecule has 1 saturated carbocycles. The van der Waals surface area contributed by atoms with Crippen molar-refractivity contribution in [3.8, 4) is 11.1 Å². The molecule has 1 aromatic heterocycles. The Morgan fingerprint density at radius 3 is 2.26 bits per heavy atom. The molecule has 0 radical (unpaired) electrons. The number of carbonyl (C=O) groups excluding carboxylic acids is 2. The fourth-order valence-electron chi connectivity index (χ4n) is 3.90. The SMILES string of the molecule is O=Nc1noc2ccc(-c3ccc(C(=O)N4CCN(C(=O)C5(O)CC5)CC4)cc3)cc12. The van der Waals surface area contributed by atoms with Crippen molar-refractivity contribution in [1.82, 2.24) is 15.0 Å². The lowest BCUT2D eigenvalue weighted by Gasteiger charge is -2.35. The number of piperazine rings is 1. The van der Waals surface area contributed by atoms with Crippen LogP contribution in [0.1, 0.15) is 23.2 Å². The van der Waals surface area contributed by atoms with Crippen LogP contribution in [0.5, 0.6) is 0 Å². The van der Waals surface area contributed by atoms with E-state index in [0.29, 0.717) is 55.6 Å². The van der Waals surface area contributed by atoms with E-state index in [0.717, 1.165) is 11.1 Å². The molecule has 1 N–H and O–H groups in total. The molecule has 5 rings (SSSR count). The van der Waals surface area contributed by atoms with Gasteiger partial charge < -0.3 is 19.4 Å². The summed E-state index contributed by atoms with van der Waals surface area (Å²) >= 11 is 0. The van der Waals surface area contributed by atoms with Crippen molar-refractivity contribution < 1.29 is 19.2 Å². The lowest BCUT2D eigenvalue weighted by atomic mass is 10.0. The Bertz CT molecular complexity index is 1170. The maximum atomic E-state index is 12.9. The minimum absolute atomic E-state index is 0.00933. The van der Waals surface area contributed by atoms with E-state index in [1.807, 2.05) is 18.2 Å². The molecule has 158 valence electrons. The van der Waals surface area contributed by atoms with Gasteiger partial charge in [0.2, 0.25) is 5.82 Å². The molecule has 1 aliphatic carbocycles. The van der Waals surface area contributed by atoms with Gasteiger partial charge in [0, 0.05) is 31.7 Å². The molecule has 2 heterocycles. The van der Waals surface area contributed by atoms with E-state index in [-0.39, 0.29) is 17.6 Å². The van der Waals surface area contributed by atoms with E-state index >= 15 is 0 Å². The van der Waals surface area contributed by atoms with Crippen LogP contribution < -0.4 is 0 Å². The van der Waals surface area contributed by atoms with Gasteiger partial charge in [-0.05, 0) is 53.4 Å². The normalized spacial score (nSPS) is 17.6. The largest absolute Gasteiger partial charge is 0.380 e. The van der Waals surface area contributed by atoms with E-state index in [1.165, 1.54) is 0 Å². The number of aliphatic hydroxyl groups is 1. The Kier molecular flexibility index (Phi) is 4.55. The Balaban J connectivity index is 1.27. The second kappa shape index (κ2) is 7.28. The maximum Gasteiger partial charge on any atom is 0.254 e. The number of amides is 2. The van der Waals surface area contributed by atoms with Crippen LogP contribution in [0.4, 0.5) is 5.82 Å². The quantitative estimate of drug-likeness (QED) is 0.649. The predicted octanol–water partition coefficient (Wildman–Crippen LogP) is 2.70. The van der Waals surface area contributed by atoms with Gasteiger partial charge in [-0.1, -0.05) is 23.4 Å². The highest BCUT2D eigenvalue weighted by Crippen LogP contribution is 2.37. The topological polar surface area (TPSA) is 116 Å². The number of hydrogen-bond acceptors (Lipinski definition) is 7. The molecule has 9 heteroatoms. The van der Waals surface area contributed by atoms with Gasteiger partial charge in [0.1, 0.15) is 5.60 Å². The summed E-state index contributed by atoms with van der Waals surface area (Å²) in [6.07, 6.45) is 1.04. The molecule has 0 atom stereocenters. The number of carbonyl (C=O) groups is 2. The van der Waals surface area contributed by atoms with Gasteiger partial charge in [-0.15, -0.1) is 4.91 Å². The smallest absolute Gasteiger partial charge is 0.254 e. The first-order chi connectivity index (χ1) is 15.0. The molecule has 31 heavy (non-hydrogen) atoms. The Morgan fingerprint density at radius 1 is 0.968 bits per heavy atom. The molecule has 2 aliphatic rings. The van der Waals surface area contributed by atoms with Crippen molar-refractivity contribution in [3.63, 3.8) is 0 Å². The predicted molar refractivity (Wildman–Crippen MR) is 112 cm³/mol. The number of benzene rings is 2. The third-order valence-electron chi connectivity index (χ3n) is 5.98. The van der Waals surface area contributed by atoms with Crippen LogP contribution in [0.3, 0.4) is 0 Å². The number of fused-ring (bicyclic) bond motifs is 1. The summed E-state index contributed by atoms with van der Waals surface area (Å²) in [7, 11) is 0. The van der Waals surface area contributed by atoms with Gasteiger partial charge in [-0.25, -0.2) is 0 Å². The van der Waals surface area contributed by atoms with Gasteiger partial charge in [0.05, 0.1) is 5.39 Å². The van der Waals surface area contributed by atoms with Gasteiger partial charge >= 0.3 is 0 Å². The molecule has 0 bridgehead atoms. The van der Waals surface area contributed by atoms with Crippen molar-refractivity contribution in [2.45, 2.75) is 18.4 Å². The van der Waals surface area contributed by atoms with E-state index in [9.17, 15) is 19.6 Å². The number of rotatable bonds is 4. The van der Waals surface area contributed by atoms with Crippen LogP contribution in [-0.2, 0) is 4.79 Å². The van der Waals surface area contributed by atoms with Crippen molar-refractivity contribution in [2.24, 2.45) is 5.18 Å². The maximum absolute atomic E-state index is 12.9. The van der Waals surface area contributed by atoms with Crippen LogP contribution >= 0.6 is 0 Å². The Morgan fingerprint density at radius 2 is 1.61 bits per heavy atom. The minimum atomic E-state index is -1.17. The number of hydrogen-bond donors (Lipinski definition) is 1. The fraction of sp³-hybridized carbons (Fsp3) is 0.318. The molecular formula is C22H20N4O5. The number of nitroso groups, excluding NO2 is 1. The van der Waals surface area contributed by atoms with Crippen molar-refractivity contribution in [1.29, 1.82) is 0 Å². The summed E-state index contributed by atoms with van der Waals surface area (Å²) < 4.78 is 5.06. The lowest BCUT2D eigenvalue weighted by molar-refractivity contribution is -0.143. The summed E-state index contributed by atoms with van der Waals surface area (Å²) in [5.74, 6) is -0.303. The molecule has 1 saturated heterocycles. The fourth-order valence-corrected chi connectivity index (χ4v) is 3.90. The molecule has 9 nitrogen and oxygen atoms in total. The van der Waals surface area contributed by atoms with Gasteiger partial charge in [-0.3, -0.25) is 9.59 Å².